The third-order valence-corrected chi connectivity index (χ3v) is 2.88. The summed E-state index contributed by atoms with van der Waals surface area (Å²) in [5.74, 6) is 0.282. The van der Waals surface area contributed by atoms with Crippen molar-refractivity contribution >= 4 is 11.6 Å². The van der Waals surface area contributed by atoms with Crippen LogP contribution in [0.15, 0.2) is 5.11 Å². The fourth-order valence-corrected chi connectivity index (χ4v) is 1.63. The first kappa shape index (κ1) is 20.5. The van der Waals surface area contributed by atoms with Crippen LogP contribution in [0, 0.1) is 0 Å². The van der Waals surface area contributed by atoms with Crippen molar-refractivity contribution in [1.29, 1.82) is 0 Å². The maximum absolute atomic E-state index is 11.0. The number of hydrogen-bond donors (Lipinski definition) is 0. The van der Waals surface area contributed by atoms with Gasteiger partial charge in [-0.3, -0.25) is 9.59 Å². The van der Waals surface area contributed by atoms with E-state index in [9.17, 15) is 9.59 Å². The standard InChI is InChI=1S/C14H26N4O4/c1-13(19)3-6-18(7-4-14(2)20)8-10-22-12-11-21-9-5-16-17-15/h3-12H2,1-2H3. The van der Waals surface area contributed by atoms with E-state index in [1.54, 1.807) is 13.8 Å². The lowest BCUT2D eigenvalue weighted by molar-refractivity contribution is -0.117. The van der Waals surface area contributed by atoms with Gasteiger partial charge in [0.05, 0.1) is 26.4 Å². The fourth-order valence-electron chi connectivity index (χ4n) is 1.63. The number of Topliss-reactive ketones (excluding diaryl/α,β-unsaturated/α-hetero) is 2. The van der Waals surface area contributed by atoms with Gasteiger partial charge in [-0.15, -0.1) is 0 Å². The zero-order valence-corrected chi connectivity index (χ0v) is 13.5. The van der Waals surface area contributed by atoms with Gasteiger partial charge in [-0.25, -0.2) is 0 Å². The molecule has 0 fully saturated rings. The maximum Gasteiger partial charge on any atom is 0.131 e. The summed E-state index contributed by atoms with van der Waals surface area (Å²) in [6.45, 7) is 7.24. The number of rotatable bonds is 15. The molecule has 0 N–H and O–H groups in total. The molecule has 8 nitrogen and oxygen atoms in total. The Labute approximate surface area is 131 Å². The number of ether oxygens (including phenoxy) is 2. The zero-order chi connectivity index (χ0) is 16.6. The third kappa shape index (κ3) is 14.9. The maximum atomic E-state index is 11.0. The van der Waals surface area contributed by atoms with E-state index in [4.69, 9.17) is 15.0 Å². The van der Waals surface area contributed by atoms with E-state index >= 15 is 0 Å². The number of carbonyl (C=O) groups excluding carboxylic acids is 2. The third-order valence-electron chi connectivity index (χ3n) is 2.88. The van der Waals surface area contributed by atoms with Crippen LogP contribution in [0.25, 0.3) is 10.4 Å². The van der Waals surface area contributed by atoms with Crippen molar-refractivity contribution in [1.82, 2.24) is 4.90 Å². The van der Waals surface area contributed by atoms with Gasteiger partial charge in [-0.1, -0.05) is 5.11 Å². The van der Waals surface area contributed by atoms with Gasteiger partial charge in [0.15, 0.2) is 0 Å². The molecule has 0 aromatic heterocycles. The molecule has 0 atom stereocenters. The summed E-state index contributed by atoms with van der Waals surface area (Å²) in [5, 5.41) is 3.35. The van der Waals surface area contributed by atoms with Crippen LogP contribution in [0.3, 0.4) is 0 Å². The molecular weight excluding hydrogens is 288 g/mol. The van der Waals surface area contributed by atoms with Crippen molar-refractivity contribution in [2.75, 3.05) is 52.6 Å². The molecular formula is C14H26N4O4. The van der Waals surface area contributed by atoms with Crippen LogP contribution < -0.4 is 0 Å². The summed E-state index contributed by atoms with van der Waals surface area (Å²) in [4.78, 5) is 26.8. The van der Waals surface area contributed by atoms with Crippen molar-refractivity contribution in [3.05, 3.63) is 10.4 Å². The molecule has 0 amide bonds. The van der Waals surface area contributed by atoms with Gasteiger partial charge >= 0.3 is 0 Å². The molecule has 8 heteroatoms. The molecule has 0 unspecified atom stereocenters. The monoisotopic (exact) mass is 314 g/mol. The van der Waals surface area contributed by atoms with Gasteiger partial charge in [-0.2, -0.15) is 0 Å². The molecule has 0 rings (SSSR count). The quantitative estimate of drug-likeness (QED) is 0.197. The number of azide groups is 1. The van der Waals surface area contributed by atoms with Gasteiger partial charge in [0, 0.05) is 43.9 Å². The number of nitrogens with zero attached hydrogens (tertiary/aromatic N) is 4. The highest BCUT2D eigenvalue weighted by Gasteiger charge is 2.07. The van der Waals surface area contributed by atoms with Crippen LogP contribution in [-0.4, -0.2) is 69.1 Å². The molecule has 126 valence electrons. The minimum atomic E-state index is 0.141. The molecule has 0 aliphatic heterocycles. The second-order valence-corrected chi connectivity index (χ2v) is 4.92. The molecule has 0 saturated carbocycles. The fraction of sp³-hybridized carbons (Fsp3) is 0.857. The number of carbonyl (C=O) groups is 2. The number of hydrogen-bond acceptors (Lipinski definition) is 6. The summed E-state index contributed by atoms with van der Waals surface area (Å²) in [5.41, 5.74) is 8.08. The van der Waals surface area contributed by atoms with E-state index in [0.29, 0.717) is 65.4 Å². The Morgan fingerprint density at radius 2 is 1.50 bits per heavy atom. The van der Waals surface area contributed by atoms with E-state index in [-0.39, 0.29) is 11.6 Å². The topological polar surface area (TPSA) is 105 Å². The summed E-state index contributed by atoms with van der Waals surface area (Å²) in [7, 11) is 0. The van der Waals surface area contributed by atoms with E-state index in [0.717, 1.165) is 0 Å². The summed E-state index contributed by atoms with van der Waals surface area (Å²) >= 11 is 0. The largest absolute Gasteiger partial charge is 0.379 e. The lowest BCUT2D eigenvalue weighted by Gasteiger charge is -2.21. The molecule has 22 heavy (non-hydrogen) atoms. The van der Waals surface area contributed by atoms with Crippen LogP contribution in [0.2, 0.25) is 0 Å². The van der Waals surface area contributed by atoms with Crippen LogP contribution >= 0.6 is 0 Å². The lowest BCUT2D eigenvalue weighted by atomic mass is 10.2. The van der Waals surface area contributed by atoms with E-state index in [1.165, 1.54) is 0 Å². The van der Waals surface area contributed by atoms with Gasteiger partial charge in [0.2, 0.25) is 0 Å². The Morgan fingerprint density at radius 1 is 0.955 bits per heavy atom. The van der Waals surface area contributed by atoms with Crippen molar-refractivity contribution in [2.45, 2.75) is 26.7 Å². The second kappa shape index (κ2) is 14.5. The van der Waals surface area contributed by atoms with Crippen molar-refractivity contribution in [3.63, 3.8) is 0 Å². The first-order chi connectivity index (χ1) is 10.6. The van der Waals surface area contributed by atoms with Crippen molar-refractivity contribution in [2.24, 2.45) is 5.11 Å². The lowest BCUT2D eigenvalue weighted by Crippen LogP contribution is -2.31. The Morgan fingerprint density at radius 3 is 2.00 bits per heavy atom. The minimum absolute atomic E-state index is 0.141. The molecule has 0 spiro atoms. The van der Waals surface area contributed by atoms with Gasteiger partial charge in [0.1, 0.15) is 11.6 Å². The summed E-state index contributed by atoms with van der Waals surface area (Å²) < 4.78 is 10.7. The minimum Gasteiger partial charge on any atom is -0.379 e. The Kier molecular flexibility index (Phi) is 13.5. The smallest absolute Gasteiger partial charge is 0.131 e. The molecule has 0 aromatic carbocycles. The molecule has 0 aliphatic rings. The molecule has 0 saturated heterocycles. The van der Waals surface area contributed by atoms with E-state index in [2.05, 4.69) is 14.9 Å². The highest BCUT2D eigenvalue weighted by molar-refractivity contribution is 5.76. The van der Waals surface area contributed by atoms with Crippen LogP contribution in [-0.2, 0) is 19.1 Å². The molecule has 0 bridgehead atoms. The van der Waals surface area contributed by atoms with Gasteiger partial charge in [0.25, 0.3) is 0 Å². The second-order valence-electron chi connectivity index (χ2n) is 4.92. The summed E-state index contributed by atoms with van der Waals surface area (Å²) in [6.07, 6.45) is 0.973. The van der Waals surface area contributed by atoms with Crippen LogP contribution in [0.4, 0.5) is 0 Å². The van der Waals surface area contributed by atoms with Gasteiger partial charge < -0.3 is 14.4 Å². The number of ketones is 2. The molecule has 0 radical (unpaired) electrons. The van der Waals surface area contributed by atoms with E-state index < -0.39 is 0 Å². The average Bonchev–Trinajstić information content (AvgIpc) is 2.47. The van der Waals surface area contributed by atoms with Gasteiger partial charge in [-0.05, 0) is 19.4 Å². The van der Waals surface area contributed by atoms with Crippen LogP contribution in [0.5, 0.6) is 0 Å². The van der Waals surface area contributed by atoms with E-state index in [1.807, 2.05) is 0 Å². The van der Waals surface area contributed by atoms with Crippen LogP contribution in [0.1, 0.15) is 26.7 Å². The van der Waals surface area contributed by atoms with Crippen molar-refractivity contribution < 1.29 is 19.1 Å². The SMILES string of the molecule is CC(=O)CCN(CCOCCOCCN=[N+]=[N-])CCC(C)=O. The highest BCUT2D eigenvalue weighted by Crippen LogP contribution is 1.97. The predicted octanol–water partition coefficient (Wildman–Crippen LogP) is 1.59. The van der Waals surface area contributed by atoms with Crippen molar-refractivity contribution in [3.8, 4) is 0 Å². The highest BCUT2D eigenvalue weighted by atomic mass is 16.5. The Bertz CT molecular complexity index is 352. The first-order valence-electron chi connectivity index (χ1n) is 7.43. The zero-order valence-electron chi connectivity index (χ0n) is 13.5. The summed E-state index contributed by atoms with van der Waals surface area (Å²) in [6, 6.07) is 0. The Balaban J connectivity index is 3.70. The Hall–Kier alpha value is -1.47. The molecule has 0 heterocycles. The predicted molar refractivity (Wildman–Crippen MR) is 82.7 cm³/mol. The first-order valence-corrected chi connectivity index (χ1v) is 7.43. The molecule has 0 aromatic rings. The normalized spacial score (nSPS) is 10.5. The average molecular weight is 314 g/mol. The molecule has 0 aliphatic carbocycles.